The largest absolute Gasteiger partial charge is 0.508 e. The van der Waals surface area contributed by atoms with Gasteiger partial charge < -0.3 is 15.2 Å². The minimum absolute atomic E-state index is 0.338. The molecule has 0 spiro atoms. The molecule has 2 N–H and O–H groups in total. The van der Waals surface area contributed by atoms with Crippen LogP contribution in [-0.4, -0.2) is 29.8 Å². The molecule has 2 rings (SSSR count). The normalized spacial score (nSPS) is 23.3. The van der Waals surface area contributed by atoms with Gasteiger partial charge in [0, 0.05) is 23.4 Å². The number of hydrogen-bond acceptors (Lipinski definition) is 4. The summed E-state index contributed by atoms with van der Waals surface area (Å²) < 4.78 is 5.20. The molecule has 19 heavy (non-hydrogen) atoms. The van der Waals surface area contributed by atoms with Crippen molar-refractivity contribution in [1.29, 1.82) is 0 Å². The first kappa shape index (κ1) is 14.5. The molecule has 0 heterocycles. The summed E-state index contributed by atoms with van der Waals surface area (Å²) in [6, 6.07) is 5.93. The zero-order chi connectivity index (χ0) is 13.7. The molecule has 3 nitrogen and oxygen atoms in total. The number of phenolic OH excluding ortho intramolecular Hbond substituents is 1. The Bertz CT molecular complexity index is 411. The number of methoxy groups -OCH3 is 1. The van der Waals surface area contributed by atoms with Crippen LogP contribution < -0.4 is 10.1 Å². The highest BCUT2D eigenvalue weighted by atomic mass is 32.2. The van der Waals surface area contributed by atoms with E-state index in [1.807, 2.05) is 17.8 Å². The number of ether oxygens (including phenoxy) is 1. The lowest BCUT2D eigenvalue weighted by atomic mass is 9.94. The summed E-state index contributed by atoms with van der Waals surface area (Å²) in [6.45, 7) is 0.699. The van der Waals surface area contributed by atoms with Crippen LogP contribution in [0.4, 0.5) is 0 Å². The van der Waals surface area contributed by atoms with Crippen molar-refractivity contribution >= 4 is 11.8 Å². The van der Waals surface area contributed by atoms with Crippen molar-refractivity contribution in [3.63, 3.8) is 0 Å². The SMILES string of the molecule is COc1ccc(O)c(CNC2CCCCC2SC)c1. The van der Waals surface area contributed by atoms with Crippen LogP contribution in [0.2, 0.25) is 0 Å². The third kappa shape index (κ3) is 3.80. The van der Waals surface area contributed by atoms with Crippen LogP contribution >= 0.6 is 11.8 Å². The fourth-order valence-electron chi connectivity index (χ4n) is 2.68. The highest BCUT2D eigenvalue weighted by molar-refractivity contribution is 7.99. The molecule has 1 saturated carbocycles. The van der Waals surface area contributed by atoms with Crippen LogP contribution in [0.1, 0.15) is 31.2 Å². The molecule has 1 aliphatic carbocycles. The lowest BCUT2D eigenvalue weighted by molar-refractivity contribution is 0.377. The van der Waals surface area contributed by atoms with Gasteiger partial charge in [0.15, 0.2) is 0 Å². The maximum absolute atomic E-state index is 9.88. The lowest BCUT2D eigenvalue weighted by Crippen LogP contribution is -2.39. The molecule has 4 heteroatoms. The predicted molar refractivity (Wildman–Crippen MR) is 81.1 cm³/mol. The number of aromatic hydroxyl groups is 1. The standard InChI is InChI=1S/C15H23NO2S/c1-18-12-7-8-14(17)11(9-12)10-16-13-5-3-4-6-15(13)19-2/h7-9,13,15-17H,3-6,10H2,1-2H3. The van der Waals surface area contributed by atoms with Crippen LogP contribution in [0.15, 0.2) is 18.2 Å². The molecule has 0 radical (unpaired) electrons. The minimum Gasteiger partial charge on any atom is -0.508 e. The number of hydrogen-bond donors (Lipinski definition) is 2. The zero-order valence-electron chi connectivity index (χ0n) is 11.7. The monoisotopic (exact) mass is 281 g/mol. The average molecular weight is 281 g/mol. The van der Waals surface area contributed by atoms with Gasteiger partial charge in [-0.3, -0.25) is 0 Å². The molecule has 2 atom stereocenters. The lowest BCUT2D eigenvalue weighted by Gasteiger charge is -2.31. The van der Waals surface area contributed by atoms with E-state index in [2.05, 4.69) is 11.6 Å². The van der Waals surface area contributed by atoms with Crippen molar-refractivity contribution in [2.75, 3.05) is 13.4 Å². The molecular weight excluding hydrogens is 258 g/mol. The van der Waals surface area contributed by atoms with Crippen LogP contribution in [0.5, 0.6) is 11.5 Å². The Balaban J connectivity index is 1.97. The fourth-order valence-corrected chi connectivity index (χ4v) is 3.65. The van der Waals surface area contributed by atoms with E-state index in [1.54, 1.807) is 19.2 Å². The molecule has 0 saturated heterocycles. The molecule has 1 fully saturated rings. The van der Waals surface area contributed by atoms with Crippen LogP contribution in [-0.2, 0) is 6.54 Å². The van der Waals surface area contributed by atoms with Gasteiger partial charge in [0.25, 0.3) is 0 Å². The number of rotatable bonds is 5. The fraction of sp³-hybridized carbons (Fsp3) is 0.600. The maximum atomic E-state index is 9.88. The Kier molecular flexibility index (Phi) is 5.40. The van der Waals surface area contributed by atoms with E-state index in [9.17, 15) is 5.11 Å². The van der Waals surface area contributed by atoms with Gasteiger partial charge in [-0.15, -0.1) is 0 Å². The topological polar surface area (TPSA) is 41.5 Å². The van der Waals surface area contributed by atoms with Crippen molar-refractivity contribution in [1.82, 2.24) is 5.32 Å². The Hall–Kier alpha value is -0.870. The summed E-state index contributed by atoms with van der Waals surface area (Å²) in [4.78, 5) is 0. The summed E-state index contributed by atoms with van der Waals surface area (Å²) >= 11 is 1.95. The van der Waals surface area contributed by atoms with Crippen molar-refractivity contribution in [2.24, 2.45) is 0 Å². The molecule has 0 aromatic heterocycles. The van der Waals surface area contributed by atoms with Gasteiger partial charge in [0.2, 0.25) is 0 Å². The van der Waals surface area contributed by atoms with Gasteiger partial charge in [-0.25, -0.2) is 0 Å². The second kappa shape index (κ2) is 7.06. The van der Waals surface area contributed by atoms with Crippen LogP contribution in [0.3, 0.4) is 0 Å². The van der Waals surface area contributed by atoms with E-state index < -0.39 is 0 Å². The van der Waals surface area contributed by atoms with E-state index >= 15 is 0 Å². The smallest absolute Gasteiger partial charge is 0.120 e. The first-order valence-electron chi connectivity index (χ1n) is 6.86. The molecule has 0 bridgehead atoms. The quantitative estimate of drug-likeness (QED) is 0.870. The Morgan fingerprint density at radius 2 is 2.16 bits per heavy atom. The van der Waals surface area contributed by atoms with Crippen LogP contribution in [0, 0.1) is 0 Å². The van der Waals surface area contributed by atoms with E-state index in [1.165, 1.54) is 25.7 Å². The minimum atomic E-state index is 0.338. The van der Waals surface area contributed by atoms with Crippen molar-refractivity contribution in [3.05, 3.63) is 23.8 Å². The zero-order valence-corrected chi connectivity index (χ0v) is 12.5. The van der Waals surface area contributed by atoms with Crippen molar-refractivity contribution in [2.45, 2.75) is 43.5 Å². The average Bonchev–Trinajstić information content (AvgIpc) is 2.46. The molecular formula is C15H23NO2S. The Morgan fingerprint density at radius 3 is 2.89 bits per heavy atom. The predicted octanol–water partition coefficient (Wildman–Crippen LogP) is 3.16. The van der Waals surface area contributed by atoms with Gasteiger partial charge in [-0.05, 0) is 37.3 Å². The third-order valence-corrected chi connectivity index (χ3v) is 5.02. The summed E-state index contributed by atoms with van der Waals surface area (Å²) in [5.74, 6) is 1.13. The van der Waals surface area contributed by atoms with E-state index in [-0.39, 0.29) is 0 Å². The Morgan fingerprint density at radius 1 is 1.37 bits per heavy atom. The van der Waals surface area contributed by atoms with Crippen molar-refractivity contribution < 1.29 is 9.84 Å². The molecule has 1 aliphatic rings. The number of nitrogens with one attached hydrogen (secondary N) is 1. The second-order valence-electron chi connectivity index (χ2n) is 5.04. The third-order valence-electron chi connectivity index (χ3n) is 3.85. The molecule has 106 valence electrons. The molecule has 0 aliphatic heterocycles. The number of phenols is 1. The van der Waals surface area contributed by atoms with E-state index in [0.717, 1.165) is 11.3 Å². The van der Waals surface area contributed by atoms with Gasteiger partial charge in [-0.1, -0.05) is 12.8 Å². The first-order valence-corrected chi connectivity index (χ1v) is 8.15. The van der Waals surface area contributed by atoms with Gasteiger partial charge in [0.1, 0.15) is 11.5 Å². The number of thioether (sulfide) groups is 1. The van der Waals surface area contributed by atoms with E-state index in [0.29, 0.717) is 23.6 Å². The first-order chi connectivity index (χ1) is 9.24. The highest BCUT2D eigenvalue weighted by Crippen LogP contribution is 2.28. The van der Waals surface area contributed by atoms with Gasteiger partial charge in [-0.2, -0.15) is 11.8 Å². The van der Waals surface area contributed by atoms with E-state index in [4.69, 9.17) is 4.74 Å². The summed E-state index contributed by atoms with van der Waals surface area (Å²) in [5, 5.41) is 14.2. The highest BCUT2D eigenvalue weighted by Gasteiger charge is 2.23. The van der Waals surface area contributed by atoms with Crippen LogP contribution in [0.25, 0.3) is 0 Å². The second-order valence-corrected chi connectivity index (χ2v) is 6.12. The molecule has 0 amide bonds. The summed E-state index contributed by atoms with van der Waals surface area (Å²) in [5.41, 5.74) is 0.907. The van der Waals surface area contributed by atoms with Gasteiger partial charge in [0.05, 0.1) is 7.11 Å². The molecule has 2 unspecified atom stereocenters. The van der Waals surface area contributed by atoms with Gasteiger partial charge >= 0.3 is 0 Å². The maximum Gasteiger partial charge on any atom is 0.120 e. The molecule has 1 aromatic carbocycles. The number of benzene rings is 1. The summed E-state index contributed by atoms with van der Waals surface area (Å²) in [6.07, 6.45) is 7.36. The summed E-state index contributed by atoms with van der Waals surface area (Å²) in [7, 11) is 1.65. The Labute approximate surface area is 119 Å². The van der Waals surface area contributed by atoms with Crippen molar-refractivity contribution in [3.8, 4) is 11.5 Å². The molecule has 1 aromatic rings.